The minimum absolute atomic E-state index is 0.0606. The van der Waals surface area contributed by atoms with E-state index in [2.05, 4.69) is 0 Å². The number of nitrogens with zero attached hydrogens (tertiary/aromatic N) is 1. The number of thiocarbonyl (C=S) groups is 1. The van der Waals surface area contributed by atoms with Crippen molar-refractivity contribution in [1.29, 1.82) is 0 Å². The van der Waals surface area contributed by atoms with E-state index in [1.54, 1.807) is 6.07 Å². The van der Waals surface area contributed by atoms with Crippen molar-refractivity contribution in [2.24, 2.45) is 5.73 Å². The third-order valence-corrected chi connectivity index (χ3v) is 5.77. The van der Waals surface area contributed by atoms with Gasteiger partial charge in [-0.2, -0.15) is 4.31 Å². The molecule has 0 amide bonds. The first-order valence-electron chi connectivity index (χ1n) is 6.46. The molecule has 0 unspecified atom stereocenters. The van der Waals surface area contributed by atoms with Crippen LogP contribution in [0.15, 0.2) is 23.1 Å². The lowest BCUT2D eigenvalue weighted by molar-refractivity contribution is -0.0440. The molecule has 1 aromatic carbocycles. The molecule has 1 heterocycles. The Kier molecular flexibility index (Phi) is 4.89. The quantitative estimate of drug-likeness (QED) is 0.843. The zero-order valence-electron chi connectivity index (χ0n) is 11.7. The largest absolute Gasteiger partial charge is 0.389 e. The van der Waals surface area contributed by atoms with Crippen LogP contribution >= 0.6 is 23.8 Å². The Morgan fingerprint density at radius 2 is 1.95 bits per heavy atom. The van der Waals surface area contributed by atoms with E-state index in [1.165, 1.54) is 16.4 Å². The molecule has 0 bridgehead atoms. The number of nitrogens with two attached hydrogens (primary N) is 1. The number of sulfonamides is 1. The zero-order chi connectivity index (χ0) is 15.8. The van der Waals surface area contributed by atoms with Gasteiger partial charge in [-0.3, -0.25) is 0 Å². The second-order valence-corrected chi connectivity index (χ2v) is 7.84. The van der Waals surface area contributed by atoms with Crippen LogP contribution < -0.4 is 5.73 Å². The van der Waals surface area contributed by atoms with Crippen LogP contribution in [0, 0.1) is 0 Å². The summed E-state index contributed by atoms with van der Waals surface area (Å²) in [5.74, 6) is 0. The normalized spacial score (nSPS) is 24.0. The number of ether oxygens (including phenoxy) is 1. The van der Waals surface area contributed by atoms with Gasteiger partial charge in [0.25, 0.3) is 0 Å². The molecular formula is C13H17ClN2O3S2. The van der Waals surface area contributed by atoms with E-state index in [-0.39, 0.29) is 27.1 Å². The maximum Gasteiger partial charge on any atom is 0.244 e. The van der Waals surface area contributed by atoms with E-state index in [1.807, 2.05) is 13.8 Å². The van der Waals surface area contributed by atoms with Gasteiger partial charge in [-0.1, -0.05) is 29.9 Å². The van der Waals surface area contributed by atoms with Crippen molar-refractivity contribution in [3.63, 3.8) is 0 Å². The Morgan fingerprint density at radius 1 is 1.38 bits per heavy atom. The van der Waals surface area contributed by atoms with Crippen LogP contribution in [0.2, 0.25) is 5.02 Å². The first-order valence-corrected chi connectivity index (χ1v) is 8.69. The number of rotatable bonds is 3. The van der Waals surface area contributed by atoms with Gasteiger partial charge in [0.15, 0.2) is 0 Å². The first-order chi connectivity index (χ1) is 9.71. The van der Waals surface area contributed by atoms with E-state index >= 15 is 0 Å². The monoisotopic (exact) mass is 348 g/mol. The lowest BCUT2D eigenvalue weighted by atomic mass is 10.2. The van der Waals surface area contributed by atoms with Gasteiger partial charge in [-0.15, -0.1) is 0 Å². The highest BCUT2D eigenvalue weighted by molar-refractivity contribution is 7.89. The van der Waals surface area contributed by atoms with Gasteiger partial charge in [0.1, 0.15) is 9.88 Å². The smallest absolute Gasteiger partial charge is 0.244 e. The number of hydrogen-bond acceptors (Lipinski definition) is 4. The fourth-order valence-electron chi connectivity index (χ4n) is 2.33. The van der Waals surface area contributed by atoms with Crippen molar-refractivity contribution in [3.8, 4) is 0 Å². The average molecular weight is 349 g/mol. The SMILES string of the molecule is C[C@@H]1CN(S(=O)(=O)c2ccc(C(N)=S)cc2Cl)C[C@H](C)O1. The summed E-state index contributed by atoms with van der Waals surface area (Å²) in [5.41, 5.74) is 6.06. The fraction of sp³-hybridized carbons (Fsp3) is 0.462. The number of morpholine rings is 1. The first kappa shape index (κ1) is 16.6. The fourth-order valence-corrected chi connectivity index (χ4v) is 4.57. The summed E-state index contributed by atoms with van der Waals surface area (Å²) in [4.78, 5) is 0.236. The summed E-state index contributed by atoms with van der Waals surface area (Å²) < 4.78 is 32.4. The third-order valence-electron chi connectivity index (χ3n) is 3.22. The van der Waals surface area contributed by atoms with Gasteiger partial charge in [-0.25, -0.2) is 8.42 Å². The van der Waals surface area contributed by atoms with Gasteiger partial charge >= 0.3 is 0 Å². The molecule has 2 N–H and O–H groups in total. The zero-order valence-corrected chi connectivity index (χ0v) is 14.1. The standard InChI is InChI=1S/C13H17ClN2O3S2/c1-8-6-16(7-9(2)19-8)21(17,18)12-4-3-10(13(15)20)5-11(12)14/h3-5,8-9H,6-7H2,1-2H3,(H2,15,20)/t8-,9+. The van der Waals surface area contributed by atoms with Crippen molar-refractivity contribution < 1.29 is 13.2 Å². The molecule has 5 nitrogen and oxygen atoms in total. The third kappa shape index (κ3) is 3.54. The predicted octanol–water partition coefficient (Wildman–Crippen LogP) is 1.77. The molecule has 2 atom stereocenters. The maximum atomic E-state index is 12.7. The summed E-state index contributed by atoms with van der Waals surface area (Å²) in [7, 11) is -3.66. The molecule has 2 rings (SSSR count). The predicted molar refractivity (Wildman–Crippen MR) is 86.1 cm³/mol. The molecule has 0 aliphatic carbocycles. The minimum Gasteiger partial charge on any atom is -0.389 e. The second kappa shape index (κ2) is 6.18. The van der Waals surface area contributed by atoms with Crippen molar-refractivity contribution in [1.82, 2.24) is 4.31 Å². The summed E-state index contributed by atoms with van der Waals surface area (Å²) in [6.07, 6.45) is -0.309. The molecule has 0 saturated carbocycles. The topological polar surface area (TPSA) is 72.6 Å². The Bertz CT molecular complexity index is 653. The highest BCUT2D eigenvalue weighted by atomic mass is 35.5. The Labute approximate surface area is 135 Å². The highest BCUT2D eigenvalue weighted by Gasteiger charge is 2.33. The van der Waals surface area contributed by atoms with Crippen molar-refractivity contribution in [2.45, 2.75) is 31.0 Å². The molecule has 0 spiro atoms. The van der Waals surface area contributed by atoms with Gasteiger partial charge in [0.2, 0.25) is 10.0 Å². The van der Waals surface area contributed by atoms with E-state index in [0.29, 0.717) is 18.7 Å². The van der Waals surface area contributed by atoms with Crippen LogP contribution in [0.4, 0.5) is 0 Å². The molecular weight excluding hydrogens is 332 g/mol. The lowest BCUT2D eigenvalue weighted by Crippen LogP contribution is -2.48. The Balaban J connectivity index is 2.37. The van der Waals surface area contributed by atoms with Gasteiger partial charge < -0.3 is 10.5 Å². The Morgan fingerprint density at radius 3 is 2.43 bits per heavy atom. The van der Waals surface area contributed by atoms with E-state index in [4.69, 9.17) is 34.3 Å². The molecule has 1 aliphatic rings. The second-order valence-electron chi connectivity index (χ2n) is 5.09. The van der Waals surface area contributed by atoms with Gasteiger partial charge in [0.05, 0.1) is 17.2 Å². The van der Waals surface area contributed by atoms with Crippen LogP contribution in [0.5, 0.6) is 0 Å². The van der Waals surface area contributed by atoms with E-state index in [0.717, 1.165) is 0 Å². The maximum absolute atomic E-state index is 12.7. The summed E-state index contributed by atoms with van der Waals surface area (Å²) in [5, 5.41) is 0.118. The van der Waals surface area contributed by atoms with Crippen molar-refractivity contribution in [2.75, 3.05) is 13.1 Å². The van der Waals surface area contributed by atoms with Crippen LogP contribution in [-0.2, 0) is 14.8 Å². The number of benzene rings is 1. The van der Waals surface area contributed by atoms with Crippen LogP contribution in [0.3, 0.4) is 0 Å². The van der Waals surface area contributed by atoms with Gasteiger partial charge in [0, 0.05) is 18.7 Å². The summed E-state index contributed by atoms with van der Waals surface area (Å²) >= 11 is 11.0. The highest BCUT2D eigenvalue weighted by Crippen LogP contribution is 2.27. The molecule has 1 saturated heterocycles. The molecule has 1 aromatic rings. The molecule has 21 heavy (non-hydrogen) atoms. The Hall–Kier alpha value is -0.730. The molecule has 116 valence electrons. The number of halogens is 1. The van der Waals surface area contributed by atoms with Crippen LogP contribution in [-0.4, -0.2) is 43.0 Å². The molecule has 8 heteroatoms. The van der Waals surface area contributed by atoms with E-state index in [9.17, 15) is 8.42 Å². The summed E-state index contributed by atoms with van der Waals surface area (Å²) in [6.45, 7) is 4.30. The van der Waals surface area contributed by atoms with Crippen LogP contribution in [0.1, 0.15) is 19.4 Å². The molecule has 0 aromatic heterocycles. The van der Waals surface area contributed by atoms with Gasteiger partial charge in [-0.05, 0) is 26.0 Å². The molecule has 0 radical (unpaired) electrons. The van der Waals surface area contributed by atoms with E-state index < -0.39 is 10.0 Å². The van der Waals surface area contributed by atoms with Crippen LogP contribution in [0.25, 0.3) is 0 Å². The molecule has 1 aliphatic heterocycles. The number of hydrogen-bond donors (Lipinski definition) is 1. The summed E-state index contributed by atoms with van der Waals surface area (Å²) in [6, 6.07) is 4.48. The average Bonchev–Trinajstić information content (AvgIpc) is 2.36. The van der Waals surface area contributed by atoms with Crippen molar-refractivity contribution in [3.05, 3.63) is 28.8 Å². The molecule has 1 fully saturated rings. The minimum atomic E-state index is -3.66. The van der Waals surface area contributed by atoms with Crippen molar-refractivity contribution >= 4 is 38.8 Å². The lowest BCUT2D eigenvalue weighted by Gasteiger charge is -2.34.